The summed E-state index contributed by atoms with van der Waals surface area (Å²) >= 11 is 0. The minimum atomic E-state index is -4.45. The van der Waals surface area contributed by atoms with E-state index >= 15 is 0 Å². The van der Waals surface area contributed by atoms with E-state index < -0.39 is 23.9 Å². The number of cyclic esters (lactones) is 1. The maximum atomic E-state index is 13.0. The highest BCUT2D eigenvalue weighted by atomic mass is 19.4. The molecule has 1 amide bonds. The van der Waals surface area contributed by atoms with Crippen LogP contribution in [0.2, 0.25) is 0 Å². The lowest BCUT2D eigenvalue weighted by molar-refractivity contribution is -0.139. The average molecular weight is 287 g/mol. The number of hydrogen-bond donors (Lipinski definition) is 0. The normalized spacial score (nSPS) is 20.2. The Bertz CT molecular complexity index is 499. The first kappa shape index (κ1) is 14.7. The van der Waals surface area contributed by atoms with Gasteiger partial charge in [-0.1, -0.05) is 18.2 Å². The molecule has 20 heavy (non-hydrogen) atoms. The van der Waals surface area contributed by atoms with Crippen LogP contribution in [0.4, 0.5) is 18.0 Å². The van der Waals surface area contributed by atoms with E-state index in [2.05, 4.69) is 0 Å². The Morgan fingerprint density at radius 1 is 1.30 bits per heavy atom. The Labute approximate surface area is 115 Å². The number of carbonyl (C=O) groups excluding carboxylic acids is 1. The molecule has 0 aliphatic carbocycles. The van der Waals surface area contributed by atoms with Crippen molar-refractivity contribution in [1.29, 1.82) is 0 Å². The van der Waals surface area contributed by atoms with E-state index in [1.54, 1.807) is 0 Å². The smallest absolute Gasteiger partial charge is 0.416 e. The molecule has 1 heterocycles. The van der Waals surface area contributed by atoms with Gasteiger partial charge in [0.05, 0.1) is 5.56 Å². The first-order valence-corrected chi connectivity index (χ1v) is 6.44. The number of rotatable bonds is 2. The van der Waals surface area contributed by atoms with Gasteiger partial charge >= 0.3 is 12.3 Å². The van der Waals surface area contributed by atoms with Crippen LogP contribution in [0.3, 0.4) is 0 Å². The fourth-order valence-corrected chi connectivity index (χ4v) is 2.32. The second-order valence-electron chi connectivity index (χ2n) is 5.03. The monoisotopic (exact) mass is 287 g/mol. The molecule has 1 fully saturated rings. The number of carbonyl (C=O) groups is 1. The number of ether oxygens (including phenoxy) is 1. The first-order valence-electron chi connectivity index (χ1n) is 6.44. The number of benzene rings is 1. The Balaban J connectivity index is 2.25. The van der Waals surface area contributed by atoms with Crippen molar-refractivity contribution in [1.82, 2.24) is 4.90 Å². The molecular weight excluding hydrogens is 271 g/mol. The van der Waals surface area contributed by atoms with Crippen LogP contribution < -0.4 is 0 Å². The molecule has 0 saturated carbocycles. The maximum Gasteiger partial charge on any atom is 0.416 e. The van der Waals surface area contributed by atoms with Crippen LogP contribution in [-0.2, 0) is 10.9 Å². The number of nitrogens with zero attached hydrogens (tertiary/aromatic N) is 1. The van der Waals surface area contributed by atoms with Crippen molar-refractivity contribution in [2.75, 3.05) is 6.54 Å². The topological polar surface area (TPSA) is 29.5 Å². The lowest BCUT2D eigenvalue weighted by Crippen LogP contribution is -2.43. The molecule has 0 radical (unpaired) electrons. The Morgan fingerprint density at radius 3 is 2.50 bits per heavy atom. The second-order valence-corrected chi connectivity index (χ2v) is 5.03. The van der Waals surface area contributed by atoms with Crippen LogP contribution in [0.25, 0.3) is 0 Å². The van der Waals surface area contributed by atoms with Crippen molar-refractivity contribution >= 4 is 6.09 Å². The molecule has 0 spiro atoms. The number of hydrogen-bond acceptors (Lipinski definition) is 2. The SMILES string of the molecule is CC(C)N1CC[C@@H](c2ccccc2C(F)(F)F)OC1=O. The predicted octanol–water partition coefficient (Wildman–Crippen LogP) is 4.00. The Kier molecular flexibility index (Phi) is 3.92. The maximum absolute atomic E-state index is 13.0. The standard InChI is InChI=1S/C14H16F3NO2/c1-9(2)18-8-7-12(20-13(18)19)10-5-3-4-6-11(10)14(15,16)17/h3-6,9,12H,7-8H2,1-2H3/t12-/m0/s1. The van der Waals surface area contributed by atoms with E-state index in [9.17, 15) is 18.0 Å². The molecule has 6 heteroatoms. The van der Waals surface area contributed by atoms with Crippen molar-refractivity contribution in [2.45, 2.75) is 38.6 Å². The molecule has 2 rings (SSSR count). The summed E-state index contributed by atoms with van der Waals surface area (Å²) in [5.74, 6) is 0. The first-order chi connectivity index (χ1) is 9.30. The minimum Gasteiger partial charge on any atom is -0.441 e. The Hall–Kier alpha value is -1.72. The minimum absolute atomic E-state index is 0.0248. The summed E-state index contributed by atoms with van der Waals surface area (Å²) in [6.07, 6.45) is -5.49. The predicted molar refractivity (Wildman–Crippen MR) is 67.1 cm³/mol. The largest absolute Gasteiger partial charge is 0.441 e. The zero-order valence-corrected chi connectivity index (χ0v) is 11.3. The van der Waals surface area contributed by atoms with E-state index in [4.69, 9.17) is 4.74 Å². The number of halogens is 3. The zero-order valence-electron chi connectivity index (χ0n) is 11.3. The van der Waals surface area contributed by atoms with Gasteiger partial charge in [0.25, 0.3) is 0 Å². The van der Waals surface area contributed by atoms with Crippen LogP contribution in [-0.4, -0.2) is 23.6 Å². The zero-order chi connectivity index (χ0) is 14.9. The molecular formula is C14H16F3NO2. The second kappa shape index (κ2) is 5.34. The van der Waals surface area contributed by atoms with E-state index in [-0.39, 0.29) is 11.6 Å². The quantitative estimate of drug-likeness (QED) is 0.823. The molecule has 1 aliphatic heterocycles. The molecule has 3 nitrogen and oxygen atoms in total. The summed E-state index contributed by atoms with van der Waals surface area (Å²) in [5.41, 5.74) is -0.715. The molecule has 0 unspecified atom stereocenters. The van der Waals surface area contributed by atoms with E-state index in [0.717, 1.165) is 6.07 Å². The summed E-state index contributed by atoms with van der Waals surface area (Å²) in [4.78, 5) is 13.3. The van der Waals surface area contributed by atoms with Crippen LogP contribution in [0.1, 0.15) is 37.5 Å². The van der Waals surface area contributed by atoms with Gasteiger partial charge in [0.15, 0.2) is 0 Å². The highest BCUT2D eigenvalue weighted by Gasteiger charge is 2.38. The third kappa shape index (κ3) is 2.89. The summed E-state index contributed by atoms with van der Waals surface area (Å²) in [7, 11) is 0. The molecule has 0 aromatic heterocycles. The summed E-state index contributed by atoms with van der Waals surface area (Å²) in [6, 6.07) is 5.20. The van der Waals surface area contributed by atoms with Crippen LogP contribution in [0.15, 0.2) is 24.3 Å². The van der Waals surface area contributed by atoms with Gasteiger partial charge in [0.2, 0.25) is 0 Å². The van der Waals surface area contributed by atoms with Gasteiger partial charge in [0, 0.05) is 24.6 Å². The molecule has 110 valence electrons. The Morgan fingerprint density at radius 2 is 1.95 bits per heavy atom. The molecule has 1 aliphatic rings. The van der Waals surface area contributed by atoms with Gasteiger partial charge in [0.1, 0.15) is 6.10 Å². The van der Waals surface area contributed by atoms with Crippen LogP contribution in [0, 0.1) is 0 Å². The summed E-state index contributed by atoms with van der Waals surface area (Å²) < 4.78 is 44.0. The summed E-state index contributed by atoms with van der Waals surface area (Å²) in [5, 5.41) is 0. The van der Waals surface area contributed by atoms with Crippen molar-refractivity contribution in [3.05, 3.63) is 35.4 Å². The summed E-state index contributed by atoms with van der Waals surface area (Å²) in [6.45, 7) is 4.07. The third-order valence-electron chi connectivity index (χ3n) is 3.35. The molecule has 1 atom stereocenters. The van der Waals surface area contributed by atoms with Gasteiger partial charge in [-0.15, -0.1) is 0 Å². The number of amides is 1. The van der Waals surface area contributed by atoms with Gasteiger partial charge in [-0.25, -0.2) is 4.79 Å². The molecule has 0 bridgehead atoms. The fraction of sp³-hybridized carbons (Fsp3) is 0.500. The van der Waals surface area contributed by atoms with Crippen LogP contribution >= 0.6 is 0 Å². The van der Waals surface area contributed by atoms with Crippen molar-refractivity contribution in [3.8, 4) is 0 Å². The molecule has 1 aromatic carbocycles. The van der Waals surface area contributed by atoms with Gasteiger partial charge in [-0.05, 0) is 19.9 Å². The van der Waals surface area contributed by atoms with Crippen molar-refractivity contribution in [2.24, 2.45) is 0 Å². The van der Waals surface area contributed by atoms with E-state index in [0.29, 0.717) is 13.0 Å². The van der Waals surface area contributed by atoms with Gasteiger partial charge in [-0.2, -0.15) is 13.2 Å². The van der Waals surface area contributed by atoms with Crippen LogP contribution in [0.5, 0.6) is 0 Å². The average Bonchev–Trinajstić information content (AvgIpc) is 2.37. The number of alkyl halides is 3. The fourth-order valence-electron chi connectivity index (χ4n) is 2.32. The third-order valence-corrected chi connectivity index (χ3v) is 3.35. The van der Waals surface area contributed by atoms with E-state index in [1.165, 1.54) is 23.1 Å². The molecule has 1 aromatic rings. The lowest BCUT2D eigenvalue weighted by atomic mass is 9.98. The van der Waals surface area contributed by atoms with Crippen molar-refractivity contribution in [3.63, 3.8) is 0 Å². The molecule has 1 saturated heterocycles. The molecule has 0 N–H and O–H groups in total. The van der Waals surface area contributed by atoms with Crippen molar-refractivity contribution < 1.29 is 22.7 Å². The highest BCUT2D eigenvalue weighted by molar-refractivity contribution is 5.69. The van der Waals surface area contributed by atoms with Gasteiger partial charge < -0.3 is 9.64 Å². The lowest BCUT2D eigenvalue weighted by Gasteiger charge is -2.35. The highest BCUT2D eigenvalue weighted by Crippen LogP contribution is 2.38. The van der Waals surface area contributed by atoms with Gasteiger partial charge in [-0.3, -0.25) is 0 Å². The van der Waals surface area contributed by atoms with E-state index in [1.807, 2.05) is 13.8 Å².